The van der Waals surface area contributed by atoms with Gasteiger partial charge >= 0.3 is 0 Å². The molecule has 2 aromatic rings. The first-order chi connectivity index (χ1) is 8.89. The maximum absolute atomic E-state index is 4.52. The van der Waals surface area contributed by atoms with Crippen LogP contribution in [0, 0.1) is 0 Å². The van der Waals surface area contributed by atoms with Crippen LogP contribution in [0.1, 0.15) is 51.7 Å². The van der Waals surface area contributed by atoms with Gasteiger partial charge in [-0.3, -0.25) is 4.98 Å². The number of hydrogen-bond donors (Lipinski definition) is 0. The molecule has 1 aromatic heterocycles. The van der Waals surface area contributed by atoms with E-state index in [9.17, 15) is 0 Å². The van der Waals surface area contributed by atoms with Crippen molar-refractivity contribution in [1.82, 2.24) is 4.98 Å². The van der Waals surface area contributed by atoms with Crippen LogP contribution in [0.5, 0.6) is 0 Å². The second-order valence-electron chi connectivity index (χ2n) is 6.42. The van der Waals surface area contributed by atoms with Crippen LogP contribution in [0.4, 0.5) is 0 Å². The van der Waals surface area contributed by atoms with Gasteiger partial charge in [0.25, 0.3) is 0 Å². The summed E-state index contributed by atoms with van der Waals surface area (Å²) in [6, 6.07) is 12.9. The van der Waals surface area contributed by atoms with E-state index in [1.807, 2.05) is 12.3 Å². The fourth-order valence-corrected chi connectivity index (χ4v) is 2.27. The average molecular weight is 253 g/mol. The highest BCUT2D eigenvalue weighted by Crippen LogP contribution is 2.32. The first-order valence-electron chi connectivity index (χ1n) is 6.95. The summed E-state index contributed by atoms with van der Waals surface area (Å²) < 4.78 is 0. The lowest BCUT2D eigenvalue weighted by atomic mass is 9.83. The lowest BCUT2D eigenvalue weighted by molar-refractivity contribution is 0.590. The second-order valence-corrected chi connectivity index (χ2v) is 6.42. The van der Waals surface area contributed by atoms with E-state index in [1.54, 1.807) is 0 Å². The van der Waals surface area contributed by atoms with E-state index >= 15 is 0 Å². The van der Waals surface area contributed by atoms with Gasteiger partial charge in [-0.25, -0.2) is 0 Å². The predicted molar refractivity (Wildman–Crippen MR) is 82.5 cm³/mol. The summed E-state index contributed by atoms with van der Waals surface area (Å²) in [4.78, 5) is 4.52. The largest absolute Gasteiger partial charge is 0.256 e. The van der Waals surface area contributed by atoms with Gasteiger partial charge in [0.15, 0.2) is 0 Å². The third kappa shape index (κ3) is 3.04. The first kappa shape index (κ1) is 13.8. The number of pyridine rings is 1. The van der Waals surface area contributed by atoms with Crippen LogP contribution in [0.25, 0.3) is 11.3 Å². The Morgan fingerprint density at radius 1 is 1.00 bits per heavy atom. The number of benzene rings is 1. The van der Waals surface area contributed by atoms with Gasteiger partial charge in [0, 0.05) is 11.8 Å². The van der Waals surface area contributed by atoms with Gasteiger partial charge < -0.3 is 0 Å². The molecule has 0 amide bonds. The monoisotopic (exact) mass is 253 g/mol. The third-order valence-corrected chi connectivity index (χ3v) is 3.48. The zero-order valence-electron chi connectivity index (χ0n) is 12.6. The van der Waals surface area contributed by atoms with Crippen molar-refractivity contribution in [2.75, 3.05) is 0 Å². The second kappa shape index (κ2) is 5.16. The average Bonchev–Trinajstić information content (AvgIpc) is 2.38. The van der Waals surface area contributed by atoms with Crippen molar-refractivity contribution in [1.29, 1.82) is 0 Å². The van der Waals surface area contributed by atoms with Gasteiger partial charge in [-0.2, -0.15) is 0 Å². The summed E-state index contributed by atoms with van der Waals surface area (Å²) >= 11 is 0. The SMILES string of the molecule is CC(C)c1ccc(C(C)(C)C)cc1-c1ccccn1. The van der Waals surface area contributed by atoms with E-state index in [-0.39, 0.29) is 5.41 Å². The molecular weight excluding hydrogens is 230 g/mol. The Hall–Kier alpha value is -1.63. The summed E-state index contributed by atoms with van der Waals surface area (Å²) in [5.74, 6) is 0.506. The van der Waals surface area contributed by atoms with Crippen molar-refractivity contribution >= 4 is 0 Å². The van der Waals surface area contributed by atoms with Crippen molar-refractivity contribution < 1.29 is 0 Å². The summed E-state index contributed by atoms with van der Waals surface area (Å²) in [6.45, 7) is 11.2. The van der Waals surface area contributed by atoms with E-state index in [0.29, 0.717) is 5.92 Å². The molecule has 0 aliphatic heterocycles. The highest BCUT2D eigenvalue weighted by Gasteiger charge is 2.17. The van der Waals surface area contributed by atoms with Crippen molar-refractivity contribution in [2.45, 2.75) is 46.0 Å². The van der Waals surface area contributed by atoms with Gasteiger partial charge in [-0.05, 0) is 40.7 Å². The molecule has 0 saturated carbocycles. The van der Waals surface area contributed by atoms with E-state index < -0.39 is 0 Å². The van der Waals surface area contributed by atoms with Crippen molar-refractivity contribution in [2.24, 2.45) is 0 Å². The van der Waals surface area contributed by atoms with E-state index in [2.05, 4.69) is 69.9 Å². The van der Waals surface area contributed by atoms with Crippen LogP contribution >= 0.6 is 0 Å². The number of rotatable bonds is 2. The normalized spacial score (nSPS) is 11.9. The molecule has 0 fully saturated rings. The Labute approximate surface area is 116 Å². The van der Waals surface area contributed by atoms with Crippen molar-refractivity contribution in [3.05, 3.63) is 53.7 Å². The van der Waals surface area contributed by atoms with Crippen LogP contribution in [0.3, 0.4) is 0 Å². The highest BCUT2D eigenvalue weighted by molar-refractivity contribution is 5.65. The zero-order chi connectivity index (χ0) is 14.0. The molecule has 19 heavy (non-hydrogen) atoms. The Kier molecular flexibility index (Phi) is 3.75. The van der Waals surface area contributed by atoms with Crippen LogP contribution in [-0.2, 0) is 5.41 Å². The molecule has 0 spiro atoms. The molecule has 2 rings (SSSR count). The van der Waals surface area contributed by atoms with Crippen molar-refractivity contribution in [3.63, 3.8) is 0 Å². The lowest BCUT2D eigenvalue weighted by Crippen LogP contribution is -2.11. The minimum Gasteiger partial charge on any atom is -0.256 e. The zero-order valence-corrected chi connectivity index (χ0v) is 12.6. The molecule has 0 unspecified atom stereocenters. The molecule has 0 saturated heterocycles. The van der Waals surface area contributed by atoms with Gasteiger partial charge in [0.05, 0.1) is 5.69 Å². The van der Waals surface area contributed by atoms with Gasteiger partial charge in [-0.1, -0.05) is 52.8 Å². The fraction of sp³-hybridized carbons (Fsp3) is 0.389. The quantitative estimate of drug-likeness (QED) is 0.719. The van der Waals surface area contributed by atoms with E-state index in [1.165, 1.54) is 16.7 Å². The molecule has 0 aliphatic carbocycles. The minimum atomic E-state index is 0.166. The molecule has 1 heterocycles. The van der Waals surface area contributed by atoms with E-state index in [0.717, 1.165) is 5.69 Å². The predicted octanol–water partition coefficient (Wildman–Crippen LogP) is 5.17. The lowest BCUT2D eigenvalue weighted by Gasteiger charge is -2.22. The summed E-state index contributed by atoms with van der Waals surface area (Å²) in [5, 5.41) is 0. The third-order valence-electron chi connectivity index (χ3n) is 3.48. The molecular formula is C18H23N. The van der Waals surface area contributed by atoms with Crippen LogP contribution in [0.2, 0.25) is 0 Å². The molecule has 0 atom stereocenters. The Morgan fingerprint density at radius 3 is 2.26 bits per heavy atom. The standard InChI is InChI=1S/C18H23N/c1-13(2)15-10-9-14(18(3,4)5)12-16(15)17-8-6-7-11-19-17/h6-13H,1-5H3. The molecule has 1 nitrogen and oxygen atoms in total. The molecule has 0 aliphatic rings. The molecule has 1 heteroatoms. The van der Waals surface area contributed by atoms with Crippen LogP contribution < -0.4 is 0 Å². The maximum atomic E-state index is 4.52. The summed E-state index contributed by atoms with van der Waals surface area (Å²) in [7, 11) is 0. The van der Waals surface area contributed by atoms with Crippen LogP contribution in [-0.4, -0.2) is 4.98 Å². The highest BCUT2D eigenvalue weighted by atomic mass is 14.7. The molecule has 0 N–H and O–H groups in total. The Morgan fingerprint density at radius 2 is 1.74 bits per heavy atom. The number of hydrogen-bond acceptors (Lipinski definition) is 1. The Balaban J connectivity index is 2.61. The molecule has 0 bridgehead atoms. The minimum absolute atomic E-state index is 0.166. The summed E-state index contributed by atoms with van der Waals surface area (Å²) in [5.41, 5.74) is 5.23. The maximum Gasteiger partial charge on any atom is 0.0704 e. The van der Waals surface area contributed by atoms with Crippen molar-refractivity contribution in [3.8, 4) is 11.3 Å². The number of aromatic nitrogens is 1. The smallest absolute Gasteiger partial charge is 0.0704 e. The van der Waals surface area contributed by atoms with E-state index in [4.69, 9.17) is 0 Å². The summed E-state index contributed by atoms with van der Waals surface area (Å²) in [6.07, 6.45) is 1.86. The first-order valence-corrected chi connectivity index (χ1v) is 6.95. The molecule has 100 valence electrons. The molecule has 1 aromatic carbocycles. The number of nitrogens with zero attached hydrogens (tertiary/aromatic N) is 1. The van der Waals surface area contributed by atoms with Crippen LogP contribution in [0.15, 0.2) is 42.6 Å². The Bertz CT molecular complexity index is 548. The van der Waals surface area contributed by atoms with Gasteiger partial charge in [0.1, 0.15) is 0 Å². The fourth-order valence-electron chi connectivity index (χ4n) is 2.27. The van der Waals surface area contributed by atoms with Gasteiger partial charge in [0.2, 0.25) is 0 Å². The molecule has 0 radical (unpaired) electrons. The van der Waals surface area contributed by atoms with Gasteiger partial charge in [-0.15, -0.1) is 0 Å². The topological polar surface area (TPSA) is 12.9 Å².